The summed E-state index contributed by atoms with van der Waals surface area (Å²) in [6.45, 7) is 4.37. The summed E-state index contributed by atoms with van der Waals surface area (Å²) in [7, 11) is 0. The van der Waals surface area contributed by atoms with Gasteiger partial charge in [-0.1, -0.05) is 6.07 Å². The van der Waals surface area contributed by atoms with Crippen LogP contribution in [0.2, 0.25) is 0 Å². The van der Waals surface area contributed by atoms with Gasteiger partial charge in [-0.2, -0.15) is 0 Å². The summed E-state index contributed by atoms with van der Waals surface area (Å²) in [4.78, 5) is 2.24. The number of morpholine rings is 1. The molecular weight excluding hydrogens is 282 g/mol. The minimum absolute atomic E-state index is 0.0890. The molecule has 3 N–H and O–H groups in total. The summed E-state index contributed by atoms with van der Waals surface area (Å²) in [5.41, 5.74) is 7.43. The number of halogens is 1. The summed E-state index contributed by atoms with van der Waals surface area (Å²) >= 11 is 3.46. The Kier molecular flexibility index (Phi) is 3.69. The van der Waals surface area contributed by atoms with E-state index in [2.05, 4.69) is 27.8 Å². The number of anilines is 1. The fourth-order valence-corrected chi connectivity index (χ4v) is 2.67. The van der Waals surface area contributed by atoms with Crippen molar-refractivity contribution in [2.45, 2.75) is 13.0 Å². The van der Waals surface area contributed by atoms with Gasteiger partial charge in [0.1, 0.15) is 5.84 Å². The number of hydrogen-bond acceptors (Lipinski definition) is 3. The fraction of sp³-hybridized carbons (Fsp3) is 0.417. The van der Waals surface area contributed by atoms with Crippen molar-refractivity contribution in [1.82, 2.24) is 0 Å². The first-order valence-electron chi connectivity index (χ1n) is 5.58. The summed E-state index contributed by atoms with van der Waals surface area (Å²) in [5.74, 6) is 0.0890. The van der Waals surface area contributed by atoms with E-state index in [1.54, 1.807) is 0 Å². The molecule has 4 nitrogen and oxygen atoms in total. The van der Waals surface area contributed by atoms with Gasteiger partial charge in [-0.15, -0.1) is 0 Å². The lowest BCUT2D eigenvalue weighted by molar-refractivity contribution is 0.0989. The second-order valence-electron chi connectivity index (χ2n) is 4.16. The average molecular weight is 298 g/mol. The second kappa shape index (κ2) is 5.06. The van der Waals surface area contributed by atoms with Crippen LogP contribution in [0.4, 0.5) is 5.69 Å². The van der Waals surface area contributed by atoms with E-state index in [4.69, 9.17) is 15.9 Å². The monoisotopic (exact) mass is 297 g/mol. The van der Waals surface area contributed by atoms with E-state index in [1.807, 2.05) is 18.2 Å². The van der Waals surface area contributed by atoms with Crippen LogP contribution in [0.15, 0.2) is 22.7 Å². The number of nitrogens with two attached hydrogens (primary N) is 1. The lowest BCUT2D eigenvalue weighted by Crippen LogP contribution is -2.44. The van der Waals surface area contributed by atoms with Crippen molar-refractivity contribution < 1.29 is 4.74 Å². The number of hydrogen-bond donors (Lipinski definition) is 2. The van der Waals surface area contributed by atoms with Gasteiger partial charge in [-0.3, -0.25) is 5.41 Å². The molecule has 0 saturated carbocycles. The molecule has 1 aliphatic rings. The summed E-state index contributed by atoms with van der Waals surface area (Å²) < 4.78 is 6.29. The molecule has 0 radical (unpaired) electrons. The van der Waals surface area contributed by atoms with Gasteiger partial charge >= 0.3 is 0 Å². The Morgan fingerprint density at radius 3 is 3.00 bits per heavy atom. The second-order valence-corrected chi connectivity index (χ2v) is 5.02. The first-order valence-corrected chi connectivity index (χ1v) is 6.38. The zero-order valence-electron chi connectivity index (χ0n) is 9.74. The summed E-state index contributed by atoms with van der Waals surface area (Å²) in [6.07, 6.45) is 0. The number of rotatable bonds is 2. The predicted octanol–water partition coefficient (Wildman–Crippen LogP) is 1.96. The Morgan fingerprint density at radius 1 is 1.59 bits per heavy atom. The maximum atomic E-state index is 7.69. The van der Waals surface area contributed by atoms with Gasteiger partial charge in [0, 0.05) is 22.7 Å². The molecule has 1 saturated heterocycles. The Morgan fingerprint density at radius 2 is 2.35 bits per heavy atom. The maximum absolute atomic E-state index is 7.69. The van der Waals surface area contributed by atoms with Gasteiger partial charge in [-0.25, -0.2) is 0 Å². The zero-order chi connectivity index (χ0) is 12.4. The van der Waals surface area contributed by atoms with E-state index in [-0.39, 0.29) is 5.84 Å². The topological polar surface area (TPSA) is 62.3 Å². The molecule has 2 rings (SSSR count). The minimum atomic E-state index is 0.0890. The summed E-state index contributed by atoms with van der Waals surface area (Å²) in [6, 6.07) is 6.18. The Balaban J connectivity index is 2.43. The van der Waals surface area contributed by atoms with Crippen LogP contribution >= 0.6 is 15.9 Å². The van der Waals surface area contributed by atoms with Crippen molar-refractivity contribution in [2.24, 2.45) is 5.73 Å². The lowest BCUT2D eigenvalue weighted by Gasteiger charge is -2.36. The van der Waals surface area contributed by atoms with E-state index in [0.717, 1.165) is 22.3 Å². The van der Waals surface area contributed by atoms with Crippen LogP contribution in [0.5, 0.6) is 0 Å². The third kappa shape index (κ3) is 2.45. The van der Waals surface area contributed by atoms with Crippen LogP contribution in [0.25, 0.3) is 0 Å². The Labute approximate surface area is 109 Å². The van der Waals surface area contributed by atoms with Crippen molar-refractivity contribution >= 4 is 27.5 Å². The van der Waals surface area contributed by atoms with Crippen molar-refractivity contribution in [3.63, 3.8) is 0 Å². The van der Waals surface area contributed by atoms with E-state index >= 15 is 0 Å². The highest BCUT2D eigenvalue weighted by atomic mass is 79.9. The van der Waals surface area contributed by atoms with Gasteiger partial charge in [-0.05, 0) is 35.0 Å². The van der Waals surface area contributed by atoms with Crippen LogP contribution in [-0.2, 0) is 4.74 Å². The van der Waals surface area contributed by atoms with Crippen LogP contribution in [0.1, 0.15) is 12.5 Å². The number of nitrogens with zero attached hydrogens (tertiary/aromatic N) is 1. The molecule has 1 fully saturated rings. The molecule has 1 heterocycles. The minimum Gasteiger partial charge on any atom is -0.384 e. The normalized spacial score (nSPS) is 20.4. The first-order chi connectivity index (χ1) is 8.11. The SMILES string of the molecule is CC1COCCN1c1cccc(Br)c1C(=N)N. The van der Waals surface area contributed by atoms with Gasteiger partial charge in [0.2, 0.25) is 0 Å². The molecule has 92 valence electrons. The molecule has 0 spiro atoms. The lowest BCUT2D eigenvalue weighted by atomic mass is 10.1. The molecule has 1 unspecified atom stereocenters. The Hall–Kier alpha value is -1.07. The van der Waals surface area contributed by atoms with Crippen LogP contribution in [0, 0.1) is 5.41 Å². The molecule has 0 bridgehead atoms. The number of nitrogen functional groups attached to an aromatic ring is 1. The molecule has 1 aliphatic heterocycles. The van der Waals surface area contributed by atoms with Crippen molar-refractivity contribution in [1.29, 1.82) is 5.41 Å². The molecule has 0 aliphatic carbocycles. The van der Waals surface area contributed by atoms with Crippen molar-refractivity contribution in [2.75, 3.05) is 24.7 Å². The van der Waals surface area contributed by atoms with E-state index in [0.29, 0.717) is 19.3 Å². The zero-order valence-corrected chi connectivity index (χ0v) is 11.3. The molecule has 0 amide bonds. The van der Waals surface area contributed by atoms with Crippen LogP contribution in [0.3, 0.4) is 0 Å². The average Bonchev–Trinajstić information content (AvgIpc) is 2.28. The Bertz CT molecular complexity index is 436. The van der Waals surface area contributed by atoms with Crippen LogP contribution < -0.4 is 10.6 Å². The molecular formula is C12H16BrN3O. The highest BCUT2D eigenvalue weighted by Crippen LogP contribution is 2.29. The van der Waals surface area contributed by atoms with Crippen LogP contribution in [-0.4, -0.2) is 31.6 Å². The highest BCUT2D eigenvalue weighted by molar-refractivity contribution is 9.10. The quantitative estimate of drug-likeness (QED) is 0.648. The van der Waals surface area contributed by atoms with Gasteiger partial charge < -0.3 is 15.4 Å². The number of benzene rings is 1. The third-order valence-electron chi connectivity index (χ3n) is 2.94. The standard InChI is InChI=1S/C12H16BrN3O/c1-8-7-17-6-5-16(8)10-4-2-3-9(13)11(10)12(14)15/h2-4,8H,5-7H2,1H3,(H3,14,15). The van der Waals surface area contributed by atoms with E-state index in [9.17, 15) is 0 Å². The molecule has 0 aromatic heterocycles. The largest absolute Gasteiger partial charge is 0.384 e. The first kappa shape index (κ1) is 12.4. The third-order valence-corrected chi connectivity index (χ3v) is 3.60. The molecule has 1 atom stereocenters. The van der Waals surface area contributed by atoms with Gasteiger partial charge in [0.05, 0.1) is 18.8 Å². The molecule has 1 aromatic carbocycles. The molecule has 5 heteroatoms. The highest BCUT2D eigenvalue weighted by Gasteiger charge is 2.23. The number of ether oxygens (including phenoxy) is 1. The number of amidine groups is 1. The molecule has 17 heavy (non-hydrogen) atoms. The van der Waals surface area contributed by atoms with E-state index < -0.39 is 0 Å². The van der Waals surface area contributed by atoms with Crippen molar-refractivity contribution in [3.05, 3.63) is 28.2 Å². The molecule has 1 aromatic rings. The van der Waals surface area contributed by atoms with Crippen molar-refractivity contribution in [3.8, 4) is 0 Å². The maximum Gasteiger partial charge on any atom is 0.126 e. The fourth-order valence-electron chi connectivity index (χ4n) is 2.10. The predicted molar refractivity (Wildman–Crippen MR) is 72.8 cm³/mol. The van der Waals surface area contributed by atoms with Gasteiger partial charge in [0.15, 0.2) is 0 Å². The smallest absolute Gasteiger partial charge is 0.126 e. The van der Waals surface area contributed by atoms with Gasteiger partial charge in [0.25, 0.3) is 0 Å². The number of nitrogens with one attached hydrogen (secondary N) is 1. The summed E-state index contributed by atoms with van der Waals surface area (Å²) in [5, 5.41) is 7.69. The van der Waals surface area contributed by atoms with E-state index in [1.165, 1.54) is 0 Å².